The largest absolute Gasteiger partial charge is 0.512 e. The van der Waals surface area contributed by atoms with Crippen molar-refractivity contribution in [1.82, 2.24) is 0 Å². The van der Waals surface area contributed by atoms with Gasteiger partial charge in [0.1, 0.15) is 0 Å². The minimum atomic E-state index is 0.794. The molecule has 0 aliphatic rings. The molecule has 1 nitrogen and oxygen atoms in total. The highest BCUT2D eigenvalue weighted by molar-refractivity contribution is 6.30. The minimum Gasteiger partial charge on any atom is -0.512 e. The van der Waals surface area contributed by atoms with E-state index < -0.39 is 0 Å². The quantitative estimate of drug-likeness (QED) is 0.505. The van der Waals surface area contributed by atoms with Crippen molar-refractivity contribution in [3.05, 3.63) is 41.9 Å². The van der Waals surface area contributed by atoms with E-state index in [-0.39, 0.29) is 0 Å². The first-order chi connectivity index (χ1) is 4.39. The lowest BCUT2D eigenvalue weighted by molar-refractivity contribution is 1.53. The van der Waals surface area contributed by atoms with E-state index in [2.05, 4.69) is 0 Å². The van der Waals surface area contributed by atoms with Crippen molar-refractivity contribution in [2.45, 2.75) is 0 Å². The highest BCUT2D eigenvalue weighted by Gasteiger charge is 1.74. The second kappa shape index (κ2) is 5.14. The van der Waals surface area contributed by atoms with Gasteiger partial charge in [0.2, 0.25) is 0 Å². The Labute approximate surface area is 59.5 Å². The fourth-order valence-electron chi connectivity index (χ4n) is 0.415. The smallest absolute Gasteiger partial charge is 0.0405 e. The first kappa shape index (κ1) is 8.00. The molecule has 0 saturated carbocycles. The van der Waals surface area contributed by atoms with Gasteiger partial charge in [0, 0.05) is 5.02 Å². The van der Waals surface area contributed by atoms with Crippen LogP contribution in [0.4, 0.5) is 0 Å². The molecule has 46 valence electrons. The Morgan fingerprint density at radius 2 is 1.56 bits per heavy atom. The monoisotopic (exact) mass is 138 g/mol. The van der Waals surface area contributed by atoms with Crippen LogP contribution in [0.3, 0.4) is 0 Å². The van der Waals surface area contributed by atoms with Crippen molar-refractivity contribution in [3.8, 4) is 0 Å². The summed E-state index contributed by atoms with van der Waals surface area (Å²) in [5, 5.41) is 7.04. The maximum Gasteiger partial charge on any atom is 0.0405 e. The average Bonchev–Trinajstić information content (AvgIpc) is 1.94. The Balaban J connectivity index is 0.000000291. The van der Waals surface area contributed by atoms with E-state index in [1.807, 2.05) is 30.3 Å². The van der Waals surface area contributed by atoms with Crippen molar-refractivity contribution in [3.63, 3.8) is 0 Å². The van der Waals surface area contributed by atoms with Crippen LogP contribution >= 0.6 is 11.6 Å². The molecule has 0 heterocycles. The van der Waals surface area contributed by atoms with Gasteiger partial charge < -0.3 is 11.8 Å². The average molecular weight is 139 g/mol. The molecular weight excluding hydrogens is 134 g/mol. The maximum atomic E-state index is 6.25. The number of nitrogens with zero attached hydrogens (tertiary/aromatic N) is 1. The Morgan fingerprint density at radius 3 is 1.78 bits per heavy atom. The third-order valence-electron chi connectivity index (χ3n) is 0.733. The van der Waals surface area contributed by atoms with E-state index in [0.717, 1.165) is 5.02 Å². The van der Waals surface area contributed by atoms with Gasteiger partial charge in [-0.15, -0.1) is 0 Å². The van der Waals surface area contributed by atoms with Crippen LogP contribution < -0.4 is 0 Å². The highest BCUT2D eigenvalue weighted by atomic mass is 35.5. The van der Waals surface area contributed by atoms with Gasteiger partial charge in [0.25, 0.3) is 0 Å². The molecular formula is C7H5ClN-. The number of hydrogen-bond donors (Lipinski definition) is 0. The molecule has 0 unspecified atom stereocenters. The lowest BCUT2D eigenvalue weighted by Gasteiger charge is -1.80. The van der Waals surface area contributed by atoms with Gasteiger partial charge in [-0.05, 0) is 12.1 Å². The van der Waals surface area contributed by atoms with E-state index in [1.54, 1.807) is 0 Å². The number of halogens is 1. The zero-order valence-corrected chi connectivity index (χ0v) is 5.47. The van der Waals surface area contributed by atoms with Gasteiger partial charge in [-0.2, -0.15) is 0 Å². The summed E-state index contributed by atoms with van der Waals surface area (Å²) in [6.45, 7) is 4.75. The Morgan fingerprint density at radius 1 is 1.11 bits per heavy atom. The van der Waals surface area contributed by atoms with Gasteiger partial charge in [-0.1, -0.05) is 29.8 Å². The molecule has 0 amide bonds. The fraction of sp³-hybridized carbons (Fsp3) is 0. The van der Waals surface area contributed by atoms with Crippen molar-refractivity contribution >= 4 is 11.6 Å². The van der Waals surface area contributed by atoms with E-state index >= 15 is 0 Å². The first-order valence-corrected chi connectivity index (χ1v) is 2.70. The van der Waals surface area contributed by atoms with Crippen molar-refractivity contribution in [2.75, 3.05) is 0 Å². The summed E-state index contributed by atoms with van der Waals surface area (Å²) < 4.78 is 0. The number of rotatable bonds is 0. The van der Waals surface area contributed by atoms with Crippen LogP contribution in [0.5, 0.6) is 0 Å². The fourth-order valence-corrected chi connectivity index (χ4v) is 0.560. The molecule has 0 spiro atoms. The zero-order valence-electron chi connectivity index (χ0n) is 4.71. The Hall–Kier alpha value is -1.00. The molecule has 0 aromatic heterocycles. The number of hydrogen-bond acceptors (Lipinski definition) is 1. The second-order valence-corrected chi connectivity index (χ2v) is 1.73. The third kappa shape index (κ3) is 3.57. The second-order valence-electron chi connectivity index (χ2n) is 1.30. The SMILES string of the molecule is Clc1ccccc1.[C-]#N. The maximum absolute atomic E-state index is 6.25. The molecule has 0 aliphatic carbocycles. The van der Waals surface area contributed by atoms with Gasteiger partial charge in [-0.3, -0.25) is 0 Å². The van der Waals surface area contributed by atoms with Crippen LogP contribution in [0, 0.1) is 11.8 Å². The summed E-state index contributed by atoms with van der Waals surface area (Å²) in [6.07, 6.45) is 0. The molecule has 0 bridgehead atoms. The predicted molar refractivity (Wildman–Crippen MR) is 36.4 cm³/mol. The van der Waals surface area contributed by atoms with E-state index in [1.165, 1.54) is 0 Å². The first-order valence-electron chi connectivity index (χ1n) is 2.32. The lowest BCUT2D eigenvalue weighted by Crippen LogP contribution is -1.55. The van der Waals surface area contributed by atoms with Gasteiger partial charge in [-0.25, -0.2) is 0 Å². The minimum absolute atomic E-state index is 0.794. The molecule has 0 aliphatic heterocycles. The molecule has 1 rings (SSSR count). The van der Waals surface area contributed by atoms with Crippen LogP contribution in [-0.4, -0.2) is 0 Å². The number of benzene rings is 1. The van der Waals surface area contributed by atoms with Crippen LogP contribution in [-0.2, 0) is 0 Å². The summed E-state index contributed by atoms with van der Waals surface area (Å²) >= 11 is 5.54. The summed E-state index contributed by atoms with van der Waals surface area (Å²) in [5.41, 5.74) is 0. The molecule has 1 aromatic carbocycles. The third-order valence-corrected chi connectivity index (χ3v) is 0.985. The van der Waals surface area contributed by atoms with Crippen molar-refractivity contribution in [2.24, 2.45) is 0 Å². The van der Waals surface area contributed by atoms with E-state index in [0.29, 0.717) is 0 Å². The molecule has 1 aromatic rings. The zero-order chi connectivity index (χ0) is 7.11. The summed E-state index contributed by atoms with van der Waals surface area (Å²) in [6, 6.07) is 9.44. The van der Waals surface area contributed by atoms with Crippen molar-refractivity contribution in [1.29, 1.82) is 5.26 Å². The van der Waals surface area contributed by atoms with Crippen LogP contribution in [0.2, 0.25) is 5.02 Å². The molecule has 0 saturated heterocycles. The summed E-state index contributed by atoms with van der Waals surface area (Å²) in [7, 11) is 0. The molecule has 0 N–H and O–H groups in total. The molecule has 9 heavy (non-hydrogen) atoms. The van der Waals surface area contributed by atoms with Crippen LogP contribution in [0.25, 0.3) is 0 Å². The highest BCUT2D eigenvalue weighted by Crippen LogP contribution is 2.03. The van der Waals surface area contributed by atoms with Gasteiger partial charge >= 0.3 is 0 Å². The van der Waals surface area contributed by atoms with E-state index in [9.17, 15) is 0 Å². The van der Waals surface area contributed by atoms with Crippen LogP contribution in [0.15, 0.2) is 30.3 Å². The predicted octanol–water partition coefficient (Wildman–Crippen LogP) is 2.44. The molecule has 0 radical (unpaired) electrons. The van der Waals surface area contributed by atoms with Gasteiger partial charge in [0.05, 0.1) is 0 Å². The Bertz CT molecular complexity index is 169. The van der Waals surface area contributed by atoms with E-state index in [4.69, 9.17) is 23.4 Å². The van der Waals surface area contributed by atoms with Gasteiger partial charge in [0.15, 0.2) is 0 Å². The lowest BCUT2D eigenvalue weighted by atomic mass is 10.4. The normalized spacial score (nSPS) is 7.00. The molecule has 0 atom stereocenters. The standard InChI is InChI=1S/C6H5Cl.CN/c7-6-4-2-1-3-5-6;1-2/h1-5H;/q;-1. The van der Waals surface area contributed by atoms with Crippen LogP contribution in [0.1, 0.15) is 0 Å². The summed E-state index contributed by atoms with van der Waals surface area (Å²) in [5.74, 6) is 0. The molecule has 2 heteroatoms. The van der Waals surface area contributed by atoms with Crippen molar-refractivity contribution < 1.29 is 0 Å². The molecule has 0 fully saturated rings. The summed E-state index contributed by atoms with van der Waals surface area (Å²) in [4.78, 5) is 0. The topological polar surface area (TPSA) is 23.8 Å². The Kier molecular flexibility index (Phi) is 4.57.